The highest BCUT2D eigenvalue weighted by Gasteiger charge is 2.56. The van der Waals surface area contributed by atoms with Crippen LogP contribution < -0.4 is 16.0 Å². The van der Waals surface area contributed by atoms with E-state index >= 15 is 14.4 Å². The molecule has 9 saturated heterocycles. The van der Waals surface area contributed by atoms with Gasteiger partial charge in [0.1, 0.15) is 24.0 Å². The third kappa shape index (κ3) is 10.2. The Kier molecular flexibility index (Phi) is 15.5. The van der Waals surface area contributed by atoms with Crippen LogP contribution in [0.5, 0.6) is 0 Å². The normalized spacial score (nSPS) is 33.1. The molecule has 9 fully saturated rings. The van der Waals surface area contributed by atoms with E-state index < -0.39 is 18.4 Å². The molecular weight excluding hydrogens is 1070 g/mol. The van der Waals surface area contributed by atoms with Gasteiger partial charge in [-0.05, 0) is 210 Å². The monoisotopic (exact) mass is 1160 g/mol. The molecule has 3 amide bonds. The van der Waals surface area contributed by atoms with E-state index in [4.69, 9.17) is 9.97 Å². The fraction of sp³-hybridized carbons (Fsp3) is 0.592. The van der Waals surface area contributed by atoms with Gasteiger partial charge in [0, 0.05) is 60.2 Å². The van der Waals surface area contributed by atoms with E-state index in [-0.39, 0.29) is 40.6 Å². The summed E-state index contributed by atoms with van der Waals surface area (Å²) in [6.07, 6.45) is 17.9. The second kappa shape index (κ2) is 23.5. The van der Waals surface area contributed by atoms with E-state index in [0.717, 1.165) is 145 Å². The zero-order chi connectivity index (χ0) is 58.1. The Morgan fingerprint density at radius 3 is 1.27 bits per heavy atom. The van der Waals surface area contributed by atoms with Crippen molar-refractivity contribution in [3.8, 4) is 0 Å². The van der Waals surface area contributed by atoms with Crippen LogP contribution in [0.15, 0.2) is 109 Å². The van der Waals surface area contributed by atoms with E-state index in [9.17, 15) is 0 Å². The van der Waals surface area contributed by atoms with E-state index in [2.05, 4.69) is 173 Å². The standard InChI is InChI=1S/C71H92N12O3/c1-48-75-58-20-9-11-25-63(58)81(48)56-42-52-27-28-53(43-56)77(52)38-31-70(50-16-5-3-6-17-50)33-40-79(67(84)60-22-13-35-72-60)65(46-70)83(69(86)62-24-15-37-74-62)66-47-71(51-18-7-4-8-19-51,34-41-80(66)68(85)61-23-14-36-73-61)32-39-78-54-29-30-55(78)45-57(44-54)82-49(2)76-59-21-10-12-26-64(59)82/h3-12,16-21,25-26,52-57,60-62,65-66,72-74H,13-15,22-24,27-47H2,1-2H3/t52-,53+,54-,55+,56?,57?,60-,61-,62+,65?,66?,70?,71?/m1/s1. The van der Waals surface area contributed by atoms with Crippen LogP contribution in [0.3, 0.4) is 0 Å². The second-order valence-electron chi connectivity index (χ2n) is 27.9. The van der Waals surface area contributed by atoms with Crippen LogP contribution in [0.2, 0.25) is 0 Å². The molecule has 0 radical (unpaired) electrons. The van der Waals surface area contributed by atoms with Gasteiger partial charge in [0.15, 0.2) is 0 Å². The van der Waals surface area contributed by atoms with Gasteiger partial charge in [-0.15, -0.1) is 0 Å². The van der Waals surface area contributed by atoms with Crippen LogP contribution in [-0.2, 0) is 25.2 Å². The molecule has 4 bridgehead atoms. The molecule has 0 saturated carbocycles. The predicted molar refractivity (Wildman–Crippen MR) is 337 cm³/mol. The van der Waals surface area contributed by atoms with E-state index in [0.29, 0.717) is 62.2 Å². The number of fused-ring (bicyclic) bond motifs is 6. The lowest BCUT2D eigenvalue weighted by molar-refractivity contribution is -0.172. The first kappa shape index (κ1) is 56.5. The highest BCUT2D eigenvalue weighted by molar-refractivity contribution is 5.87. The molecule has 13 atom stereocenters. The molecule has 4 aromatic carbocycles. The summed E-state index contributed by atoms with van der Waals surface area (Å²) >= 11 is 0. The molecule has 11 heterocycles. The Bertz CT molecular complexity index is 3170. The summed E-state index contributed by atoms with van der Waals surface area (Å²) in [6.45, 7) is 9.76. The van der Waals surface area contributed by atoms with Crippen molar-refractivity contribution in [1.29, 1.82) is 0 Å². The molecule has 9 aliphatic rings. The number of carbonyl (C=O) groups is 3. The van der Waals surface area contributed by atoms with Gasteiger partial charge in [0.25, 0.3) is 0 Å². The summed E-state index contributed by atoms with van der Waals surface area (Å²) in [5, 5.41) is 10.9. The van der Waals surface area contributed by atoms with E-state index in [1.165, 1.54) is 47.8 Å². The average molecular weight is 1160 g/mol. The van der Waals surface area contributed by atoms with Gasteiger partial charge in [-0.1, -0.05) is 84.9 Å². The van der Waals surface area contributed by atoms with Crippen molar-refractivity contribution in [2.45, 2.75) is 220 Å². The highest BCUT2D eigenvalue weighted by atomic mass is 16.2. The van der Waals surface area contributed by atoms with Gasteiger partial charge < -0.3 is 39.8 Å². The van der Waals surface area contributed by atoms with Gasteiger partial charge in [-0.25, -0.2) is 9.97 Å². The van der Waals surface area contributed by atoms with Crippen molar-refractivity contribution in [3.63, 3.8) is 0 Å². The van der Waals surface area contributed by atoms with Gasteiger partial charge in [-0.2, -0.15) is 0 Å². The summed E-state index contributed by atoms with van der Waals surface area (Å²) in [5.41, 5.74) is 6.56. The van der Waals surface area contributed by atoms with Crippen molar-refractivity contribution in [2.24, 2.45) is 0 Å². The molecule has 0 aliphatic carbocycles. The summed E-state index contributed by atoms with van der Waals surface area (Å²) in [6, 6.07) is 41.4. The van der Waals surface area contributed by atoms with E-state index in [1.54, 1.807) is 0 Å². The van der Waals surface area contributed by atoms with Gasteiger partial charge in [0.2, 0.25) is 17.7 Å². The fourth-order valence-electron chi connectivity index (χ4n) is 19.3. The maximum absolute atomic E-state index is 16.6. The SMILES string of the molecule is Cc1nc2ccccc2n1C1C[C@H]2CC[C@@H](C1)N2CCC1(c2ccccc2)CCN(C(=O)[C@H]2CCCN2)C(N(C(=O)[C@@H]2CCCN2)C2CC(CCN3[C@@H]4CC[C@H]3CC(n3c(C)nc5ccccc53)C4)(c3ccccc3)CCN2C(=O)[C@H]2CCCN2)C1. The first-order chi connectivity index (χ1) is 42.1. The lowest BCUT2D eigenvalue weighted by Crippen LogP contribution is -2.71. The minimum Gasteiger partial charge on any atom is -0.325 e. The second-order valence-corrected chi connectivity index (χ2v) is 27.9. The predicted octanol–water partition coefficient (Wildman–Crippen LogP) is 9.68. The number of aryl methyl sites for hydroxylation is 2. The minimum atomic E-state index is -0.574. The van der Waals surface area contributed by atoms with Gasteiger partial charge in [0.05, 0.1) is 40.2 Å². The number of nitrogens with one attached hydrogen (secondary N) is 3. The molecule has 2 aromatic heterocycles. The van der Waals surface area contributed by atoms with Crippen LogP contribution in [0.25, 0.3) is 22.1 Å². The number of hydrogen-bond donors (Lipinski definition) is 3. The number of para-hydroxylation sites is 4. The zero-order valence-corrected chi connectivity index (χ0v) is 51.1. The topological polar surface area (TPSA) is 139 Å². The number of rotatable bonds is 15. The number of aromatic nitrogens is 4. The molecule has 454 valence electrons. The largest absolute Gasteiger partial charge is 0.325 e. The maximum Gasteiger partial charge on any atom is 0.242 e. The zero-order valence-electron chi connectivity index (χ0n) is 51.1. The first-order valence-corrected chi connectivity index (χ1v) is 33.7. The minimum absolute atomic E-state index is 0.0458. The Labute approximate surface area is 509 Å². The smallest absolute Gasteiger partial charge is 0.242 e. The number of hydrogen-bond acceptors (Lipinski definition) is 10. The molecule has 86 heavy (non-hydrogen) atoms. The quantitative estimate of drug-likeness (QED) is 0.0912. The van der Waals surface area contributed by atoms with Crippen LogP contribution in [0.1, 0.15) is 163 Å². The molecule has 0 spiro atoms. The molecule has 15 nitrogen and oxygen atoms in total. The summed E-state index contributed by atoms with van der Waals surface area (Å²) < 4.78 is 5.08. The molecule has 6 unspecified atom stereocenters. The van der Waals surface area contributed by atoms with Crippen LogP contribution in [0.4, 0.5) is 0 Å². The molecule has 9 aliphatic heterocycles. The fourth-order valence-corrected chi connectivity index (χ4v) is 19.3. The number of piperidine rings is 4. The summed E-state index contributed by atoms with van der Waals surface area (Å²) in [5.74, 6) is 2.47. The summed E-state index contributed by atoms with van der Waals surface area (Å²) in [7, 11) is 0. The first-order valence-electron chi connectivity index (χ1n) is 33.7. The molecule has 6 aromatic rings. The Hall–Kier alpha value is -5.97. The Morgan fingerprint density at radius 2 is 0.872 bits per heavy atom. The van der Waals surface area contributed by atoms with Crippen molar-refractivity contribution >= 4 is 39.8 Å². The number of benzene rings is 4. The van der Waals surface area contributed by atoms with Crippen molar-refractivity contribution in [3.05, 3.63) is 132 Å². The number of nitrogens with zero attached hydrogens (tertiary/aromatic N) is 9. The van der Waals surface area contributed by atoms with Crippen LogP contribution in [0, 0.1) is 13.8 Å². The Balaban J connectivity index is 0.792. The lowest BCUT2D eigenvalue weighted by atomic mass is 9.67. The van der Waals surface area contributed by atoms with Crippen LogP contribution in [-0.4, -0.2) is 162 Å². The number of likely N-dealkylation sites (tertiary alicyclic amines) is 2. The van der Waals surface area contributed by atoms with E-state index in [1.807, 2.05) is 0 Å². The molecule has 15 rings (SSSR count). The van der Waals surface area contributed by atoms with Crippen molar-refractivity contribution < 1.29 is 14.4 Å². The number of carbonyl (C=O) groups excluding carboxylic acids is 3. The third-order valence-electron chi connectivity index (χ3n) is 23.5. The molecule has 3 N–H and O–H groups in total. The molecule has 15 heteroatoms. The lowest BCUT2D eigenvalue weighted by Gasteiger charge is -2.58. The highest BCUT2D eigenvalue weighted by Crippen LogP contribution is 2.51. The maximum atomic E-state index is 16.6. The molecular formula is C71H92N12O3. The van der Waals surface area contributed by atoms with Crippen LogP contribution >= 0.6 is 0 Å². The number of imidazole rings is 2. The Morgan fingerprint density at radius 1 is 0.488 bits per heavy atom. The van der Waals surface area contributed by atoms with Crippen molar-refractivity contribution in [1.82, 2.24) is 59.6 Å². The number of amides is 3. The van der Waals surface area contributed by atoms with Crippen molar-refractivity contribution in [2.75, 3.05) is 45.8 Å². The van der Waals surface area contributed by atoms with Gasteiger partial charge in [-0.3, -0.25) is 24.2 Å². The van der Waals surface area contributed by atoms with Gasteiger partial charge >= 0.3 is 0 Å². The third-order valence-corrected chi connectivity index (χ3v) is 23.5. The average Bonchev–Trinajstić information content (AvgIpc) is 1.19. The summed E-state index contributed by atoms with van der Waals surface area (Å²) in [4.78, 5) is 70.4.